The minimum absolute atomic E-state index is 0.0179. The zero-order chi connectivity index (χ0) is 38.0. The monoisotopic (exact) mass is 741 g/mol. The van der Waals surface area contributed by atoms with Gasteiger partial charge in [0.1, 0.15) is 28.7 Å². The SMILES string of the molecule is C[C@H]1CN(c2ccncc2NCc2ccc(F)c(-c3c(F)cc(C4CCOCC4)cc3F)n2)C[C@@H](NC(=O)OC(C)(C)C)C1O[Si](C)(C)C(C)(C)C. The highest BCUT2D eigenvalue weighted by molar-refractivity contribution is 6.74. The molecule has 2 N–H and O–H groups in total. The topological polar surface area (TPSA) is 97.8 Å². The number of aromatic nitrogens is 2. The van der Waals surface area contributed by atoms with Crippen molar-refractivity contribution in [3.8, 4) is 11.3 Å². The summed E-state index contributed by atoms with van der Waals surface area (Å²) in [7, 11) is -2.21. The minimum Gasteiger partial charge on any atom is -0.444 e. The van der Waals surface area contributed by atoms with E-state index >= 15 is 13.2 Å². The Labute approximate surface area is 307 Å². The van der Waals surface area contributed by atoms with E-state index in [4.69, 9.17) is 13.9 Å². The summed E-state index contributed by atoms with van der Waals surface area (Å²) in [5.41, 5.74) is 0.912. The number of nitrogens with zero attached hydrogens (tertiary/aromatic N) is 3. The molecule has 3 aromatic rings. The normalized spacial score (nSPS) is 20.5. The van der Waals surface area contributed by atoms with Crippen LogP contribution in [-0.4, -0.2) is 68.4 Å². The zero-order valence-electron chi connectivity index (χ0n) is 31.9. The summed E-state index contributed by atoms with van der Waals surface area (Å²) in [6, 6.07) is 6.75. The van der Waals surface area contributed by atoms with E-state index in [0.717, 1.165) is 5.69 Å². The van der Waals surface area contributed by atoms with Crippen LogP contribution < -0.4 is 15.5 Å². The number of nitrogens with one attached hydrogen (secondary N) is 2. The molecule has 0 saturated carbocycles. The molecule has 2 aromatic heterocycles. The highest BCUT2D eigenvalue weighted by Gasteiger charge is 2.45. The number of rotatable bonds is 9. The van der Waals surface area contributed by atoms with Crippen LogP contribution >= 0.6 is 0 Å². The maximum atomic E-state index is 15.4. The van der Waals surface area contributed by atoms with Crippen molar-refractivity contribution >= 4 is 25.8 Å². The van der Waals surface area contributed by atoms with E-state index in [2.05, 4.69) is 66.3 Å². The molecule has 2 saturated heterocycles. The van der Waals surface area contributed by atoms with Crippen LogP contribution in [0.3, 0.4) is 0 Å². The lowest BCUT2D eigenvalue weighted by Gasteiger charge is -2.48. The van der Waals surface area contributed by atoms with E-state index in [-0.39, 0.29) is 41.3 Å². The lowest BCUT2D eigenvalue weighted by atomic mass is 9.90. The van der Waals surface area contributed by atoms with Gasteiger partial charge < -0.3 is 29.4 Å². The summed E-state index contributed by atoms with van der Waals surface area (Å²) in [5.74, 6) is -2.50. The standard InChI is InChI=1S/C39H54F3N5O4Si/c1-24-22-47(23-32(46-37(48)50-38(2,3)4)36(24)51-52(8,9)39(5,6)7)33-12-15-43-21-31(33)44-20-27-10-11-28(40)35(45-27)34-29(41)18-26(19-30(34)42)25-13-16-49-17-14-25/h10-12,15,18-19,21,24-25,32,36,44H,13-14,16-17,20,22-23H2,1-9H3,(H,46,48)/t24-,32+,36?/m0/s1. The molecule has 13 heteroatoms. The predicted molar refractivity (Wildman–Crippen MR) is 201 cm³/mol. The van der Waals surface area contributed by atoms with Crippen molar-refractivity contribution in [1.29, 1.82) is 0 Å². The van der Waals surface area contributed by atoms with Crippen molar-refractivity contribution < 1.29 is 31.9 Å². The summed E-state index contributed by atoms with van der Waals surface area (Å²) in [5, 5.41) is 6.44. The number of halogens is 3. The molecule has 2 fully saturated rings. The molecule has 4 heterocycles. The van der Waals surface area contributed by atoms with Gasteiger partial charge in [0.05, 0.1) is 47.5 Å². The number of ether oxygens (including phenoxy) is 2. The fourth-order valence-electron chi connectivity index (χ4n) is 6.59. The van der Waals surface area contributed by atoms with Gasteiger partial charge in [-0.2, -0.15) is 0 Å². The number of carbonyl (C=O) groups excluding carboxylic acids is 1. The molecule has 1 aromatic carbocycles. The molecule has 0 radical (unpaired) electrons. The van der Waals surface area contributed by atoms with Gasteiger partial charge in [0.15, 0.2) is 8.32 Å². The summed E-state index contributed by atoms with van der Waals surface area (Å²) < 4.78 is 63.9. The number of amides is 1. The first kappa shape index (κ1) is 39.5. The van der Waals surface area contributed by atoms with E-state index in [0.29, 0.717) is 56.1 Å². The average molecular weight is 742 g/mol. The van der Waals surface area contributed by atoms with Crippen LogP contribution in [0, 0.1) is 23.4 Å². The number of anilines is 2. The van der Waals surface area contributed by atoms with Crippen molar-refractivity contribution in [2.24, 2.45) is 5.92 Å². The van der Waals surface area contributed by atoms with Gasteiger partial charge >= 0.3 is 6.09 Å². The Bertz CT molecular complexity index is 1700. The maximum absolute atomic E-state index is 15.4. The van der Waals surface area contributed by atoms with E-state index < -0.39 is 43.0 Å². The van der Waals surface area contributed by atoms with Gasteiger partial charge in [-0.1, -0.05) is 27.7 Å². The molecule has 9 nitrogen and oxygen atoms in total. The van der Waals surface area contributed by atoms with Crippen LogP contribution in [0.25, 0.3) is 11.3 Å². The van der Waals surface area contributed by atoms with Gasteiger partial charge in [-0.05, 0) is 93.6 Å². The molecule has 52 heavy (non-hydrogen) atoms. The zero-order valence-corrected chi connectivity index (χ0v) is 32.9. The Morgan fingerprint density at radius 1 is 1.00 bits per heavy atom. The third kappa shape index (κ3) is 9.45. The lowest BCUT2D eigenvalue weighted by Crippen LogP contribution is -2.62. The largest absolute Gasteiger partial charge is 0.444 e. The number of hydrogen-bond donors (Lipinski definition) is 2. The third-order valence-electron chi connectivity index (χ3n) is 10.3. The second-order valence-electron chi connectivity index (χ2n) is 16.6. The Morgan fingerprint density at radius 3 is 2.31 bits per heavy atom. The summed E-state index contributed by atoms with van der Waals surface area (Å²) in [6.45, 7) is 20.9. The highest BCUT2D eigenvalue weighted by atomic mass is 28.4. The maximum Gasteiger partial charge on any atom is 0.408 e. The molecule has 0 bridgehead atoms. The van der Waals surface area contributed by atoms with Crippen molar-refractivity contribution in [1.82, 2.24) is 15.3 Å². The highest BCUT2D eigenvalue weighted by Crippen LogP contribution is 2.40. The molecule has 1 unspecified atom stereocenters. The summed E-state index contributed by atoms with van der Waals surface area (Å²) >= 11 is 0. The van der Waals surface area contributed by atoms with Crippen LogP contribution in [0.1, 0.15) is 78.5 Å². The van der Waals surface area contributed by atoms with Crippen molar-refractivity contribution in [2.75, 3.05) is 36.5 Å². The Morgan fingerprint density at radius 2 is 1.67 bits per heavy atom. The number of hydrogen-bond acceptors (Lipinski definition) is 8. The molecule has 2 aliphatic heterocycles. The smallest absolute Gasteiger partial charge is 0.408 e. The van der Waals surface area contributed by atoms with Crippen LogP contribution in [0.5, 0.6) is 0 Å². The van der Waals surface area contributed by atoms with Gasteiger partial charge in [-0.15, -0.1) is 0 Å². The number of pyridine rings is 2. The molecule has 284 valence electrons. The molecule has 3 atom stereocenters. The van der Waals surface area contributed by atoms with E-state index in [1.165, 1.54) is 24.3 Å². The van der Waals surface area contributed by atoms with E-state index in [1.54, 1.807) is 12.4 Å². The lowest BCUT2D eigenvalue weighted by molar-refractivity contribution is 0.0336. The van der Waals surface area contributed by atoms with Crippen LogP contribution in [0.15, 0.2) is 42.7 Å². The molecule has 0 spiro atoms. The first-order chi connectivity index (χ1) is 24.3. The summed E-state index contributed by atoms with van der Waals surface area (Å²) in [4.78, 5) is 24.0. The number of piperidine rings is 1. The quantitative estimate of drug-likeness (QED) is 0.210. The first-order valence-electron chi connectivity index (χ1n) is 18.2. The summed E-state index contributed by atoms with van der Waals surface area (Å²) in [6.07, 6.45) is 3.98. The molecule has 1 amide bonds. The van der Waals surface area contributed by atoms with Crippen molar-refractivity contribution in [3.63, 3.8) is 0 Å². The Balaban J connectivity index is 1.37. The van der Waals surface area contributed by atoms with Crippen molar-refractivity contribution in [3.05, 3.63) is 71.4 Å². The first-order valence-corrected chi connectivity index (χ1v) is 21.1. The van der Waals surface area contributed by atoms with Gasteiger partial charge in [0.2, 0.25) is 0 Å². The van der Waals surface area contributed by atoms with E-state index in [9.17, 15) is 4.79 Å². The molecular weight excluding hydrogens is 688 g/mol. The Hall–Kier alpha value is -3.68. The molecular formula is C39H54F3N5O4Si. The number of benzene rings is 1. The van der Waals surface area contributed by atoms with Gasteiger partial charge in [-0.25, -0.2) is 22.9 Å². The van der Waals surface area contributed by atoms with Gasteiger partial charge in [0.25, 0.3) is 0 Å². The van der Waals surface area contributed by atoms with Crippen LogP contribution in [0.4, 0.5) is 29.3 Å². The fraction of sp³-hybridized carbons (Fsp3) is 0.564. The molecule has 2 aliphatic rings. The molecule has 5 rings (SSSR count). The van der Waals surface area contributed by atoms with E-state index in [1.807, 2.05) is 26.8 Å². The third-order valence-corrected chi connectivity index (χ3v) is 14.8. The van der Waals surface area contributed by atoms with Gasteiger partial charge in [-0.3, -0.25) is 4.98 Å². The fourth-order valence-corrected chi connectivity index (χ4v) is 8.02. The van der Waals surface area contributed by atoms with Crippen molar-refractivity contribution in [2.45, 2.75) is 110 Å². The van der Waals surface area contributed by atoms with Crippen LogP contribution in [0.2, 0.25) is 18.1 Å². The minimum atomic E-state index is -2.21. The number of alkyl carbamates (subject to hydrolysis) is 1. The second kappa shape index (κ2) is 15.7. The average Bonchev–Trinajstić information content (AvgIpc) is 3.05. The van der Waals surface area contributed by atoms with Gasteiger partial charge in [0, 0.05) is 38.4 Å². The number of carbonyl (C=O) groups is 1. The Kier molecular flexibility index (Phi) is 12.0. The predicted octanol–water partition coefficient (Wildman–Crippen LogP) is 8.81. The molecule has 0 aliphatic carbocycles. The van der Waals surface area contributed by atoms with Crippen LogP contribution in [-0.2, 0) is 20.4 Å². The second-order valence-corrected chi connectivity index (χ2v) is 21.4.